The highest BCUT2D eigenvalue weighted by Crippen LogP contribution is 1.98. The van der Waals surface area contributed by atoms with E-state index in [-0.39, 0.29) is 0 Å². The predicted octanol–water partition coefficient (Wildman–Crippen LogP) is -0.0735. The molecule has 3 heteroatoms. The quantitative estimate of drug-likeness (QED) is 0.622. The number of hydrogen-bond donors (Lipinski definition) is 1. The highest BCUT2D eigenvalue weighted by molar-refractivity contribution is 4.70. The first-order valence-electron chi connectivity index (χ1n) is 4.25. The Morgan fingerprint density at radius 3 is 2.91 bits per heavy atom. The molecular formula is C8H18N2O. The van der Waals surface area contributed by atoms with Gasteiger partial charge in [-0.2, -0.15) is 0 Å². The van der Waals surface area contributed by atoms with Crippen LogP contribution in [-0.2, 0) is 4.74 Å². The minimum Gasteiger partial charge on any atom is -0.379 e. The SMILES string of the molecule is CN(C)CCC1COCCN1. The molecule has 0 aliphatic carbocycles. The van der Waals surface area contributed by atoms with Gasteiger partial charge in [0.05, 0.1) is 13.2 Å². The Morgan fingerprint density at radius 2 is 2.36 bits per heavy atom. The third-order valence-electron chi connectivity index (χ3n) is 1.92. The van der Waals surface area contributed by atoms with Gasteiger partial charge in [0.25, 0.3) is 0 Å². The van der Waals surface area contributed by atoms with E-state index in [2.05, 4.69) is 24.3 Å². The van der Waals surface area contributed by atoms with E-state index >= 15 is 0 Å². The predicted molar refractivity (Wildman–Crippen MR) is 45.8 cm³/mol. The van der Waals surface area contributed by atoms with E-state index in [1.54, 1.807) is 0 Å². The molecule has 11 heavy (non-hydrogen) atoms. The van der Waals surface area contributed by atoms with Crippen LogP contribution in [0.4, 0.5) is 0 Å². The van der Waals surface area contributed by atoms with Gasteiger partial charge in [-0.05, 0) is 27.1 Å². The second-order valence-corrected chi connectivity index (χ2v) is 3.32. The zero-order valence-corrected chi connectivity index (χ0v) is 7.47. The van der Waals surface area contributed by atoms with E-state index < -0.39 is 0 Å². The van der Waals surface area contributed by atoms with Gasteiger partial charge in [0.1, 0.15) is 0 Å². The molecular weight excluding hydrogens is 140 g/mol. The zero-order valence-electron chi connectivity index (χ0n) is 7.47. The summed E-state index contributed by atoms with van der Waals surface area (Å²) >= 11 is 0. The lowest BCUT2D eigenvalue weighted by Crippen LogP contribution is -2.42. The molecule has 1 heterocycles. The first-order chi connectivity index (χ1) is 5.29. The topological polar surface area (TPSA) is 24.5 Å². The van der Waals surface area contributed by atoms with E-state index in [0.717, 1.165) is 26.3 Å². The summed E-state index contributed by atoms with van der Waals surface area (Å²) in [6.45, 7) is 3.91. The fourth-order valence-electron chi connectivity index (χ4n) is 1.22. The first kappa shape index (κ1) is 8.97. The molecule has 1 N–H and O–H groups in total. The Labute approximate surface area is 68.7 Å². The molecule has 0 spiro atoms. The van der Waals surface area contributed by atoms with E-state index in [9.17, 15) is 0 Å². The lowest BCUT2D eigenvalue weighted by atomic mass is 10.2. The van der Waals surface area contributed by atoms with Crippen LogP contribution in [0.3, 0.4) is 0 Å². The van der Waals surface area contributed by atoms with Gasteiger partial charge in [-0.1, -0.05) is 0 Å². The van der Waals surface area contributed by atoms with Crippen molar-refractivity contribution in [3.63, 3.8) is 0 Å². The van der Waals surface area contributed by atoms with Gasteiger partial charge in [-0.15, -0.1) is 0 Å². The molecule has 3 nitrogen and oxygen atoms in total. The van der Waals surface area contributed by atoms with Crippen LogP contribution in [0.1, 0.15) is 6.42 Å². The Bertz CT molecular complexity index is 100. The number of rotatable bonds is 3. The molecule has 0 aromatic carbocycles. The zero-order chi connectivity index (χ0) is 8.10. The molecule has 0 aromatic heterocycles. The monoisotopic (exact) mass is 158 g/mol. The van der Waals surface area contributed by atoms with Crippen LogP contribution in [0.15, 0.2) is 0 Å². The van der Waals surface area contributed by atoms with Crippen molar-refractivity contribution in [2.24, 2.45) is 0 Å². The lowest BCUT2D eigenvalue weighted by Gasteiger charge is -2.24. The number of nitrogens with one attached hydrogen (secondary N) is 1. The summed E-state index contributed by atoms with van der Waals surface area (Å²) in [5.74, 6) is 0. The van der Waals surface area contributed by atoms with Crippen LogP contribution in [-0.4, -0.2) is 51.3 Å². The van der Waals surface area contributed by atoms with Crippen LogP contribution in [0.5, 0.6) is 0 Å². The smallest absolute Gasteiger partial charge is 0.0620 e. The van der Waals surface area contributed by atoms with Crippen LogP contribution in [0, 0.1) is 0 Å². The highest BCUT2D eigenvalue weighted by atomic mass is 16.5. The number of hydrogen-bond acceptors (Lipinski definition) is 3. The standard InChI is InChI=1S/C8H18N2O/c1-10(2)5-3-8-7-11-6-4-9-8/h8-9H,3-7H2,1-2H3. The Hall–Kier alpha value is -0.120. The second kappa shape index (κ2) is 4.70. The normalized spacial score (nSPS) is 25.9. The van der Waals surface area contributed by atoms with Gasteiger partial charge in [-0.25, -0.2) is 0 Å². The van der Waals surface area contributed by atoms with E-state index in [4.69, 9.17) is 4.74 Å². The van der Waals surface area contributed by atoms with Gasteiger partial charge in [0, 0.05) is 12.6 Å². The van der Waals surface area contributed by atoms with Crippen molar-refractivity contribution >= 4 is 0 Å². The third-order valence-corrected chi connectivity index (χ3v) is 1.92. The maximum atomic E-state index is 5.33. The van der Waals surface area contributed by atoms with Gasteiger partial charge < -0.3 is 15.0 Å². The summed E-state index contributed by atoms with van der Waals surface area (Å²) in [5, 5.41) is 3.42. The maximum absolute atomic E-state index is 5.33. The molecule has 1 aliphatic heterocycles. The Morgan fingerprint density at radius 1 is 1.55 bits per heavy atom. The summed E-state index contributed by atoms with van der Waals surface area (Å²) in [6.07, 6.45) is 1.19. The van der Waals surface area contributed by atoms with Crippen molar-refractivity contribution in [3.8, 4) is 0 Å². The van der Waals surface area contributed by atoms with Gasteiger partial charge in [0.15, 0.2) is 0 Å². The molecule has 66 valence electrons. The first-order valence-corrected chi connectivity index (χ1v) is 4.25. The molecule has 1 saturated heterocycles. The molecule has 0 bridgehead atoms. The molecule has 0 saturated carbocycles. The molecule has 0 radical (unpaired) electrons. The summed E-state index contributed by atoms with van der Waals surface area (Å²) < 4.78 is 5.33. The van der Waals surface area contributed by atoms with E-state index in [0.29, 0.717) is 6.04 Å². The van der Waals surface area contributed by atoms with Crippen molar-refractivity contribution in [2.75, 3.05) is 40.4 Å². The summed E-state index contributed by atoms with van der Waals surface area (Å²) in [4.78, 5) is 2.20. The Kier molecular flexibility index (Phi) is 3.83. The average Bonchev–Trinajstić information content (AvgIpc) is 2.03. The Balaban J connectivity index is 2.05. The maximum Gasteiger partial charge on any atom is 0.0620 e. The van der Waals surface area contributed by atoms with Gasteiger partial charge >= 0.3 is 0 Å². The third kappa shape index (κ3) is 3.70. The number of morpholine rings is 1. The lowest BCUT2D eigenvalue weighted by molar-refractivity contribution is 0.0718. The van der Waals surface area contributed by atoms with Crippen LogP contribution < -0.4 is 5.32 Å². The minimum absolute atomic E-state index is 0.575. The molecule has 0 aromatic rings. The molecule has 0 amide bonds. The van der Waals surface area contributed by atoms with Crippen molar-refractivity contribution in [1.82, 2.24) is 10.2 Å². The summed E-state index contributed by atoms with van der Waals surface area (Å²) in [6, 6.07) is 0.575. The largest absolute Gasteiger partial charge is 0.379 e. The second-order valence-electron chi connectivity index (χ2n) is 3.32. The summed E-state index contributed by atoms with van der Waals surface area (Å²) in [7, 11) is 4.20. The highest BCUT2D eigenvalue weighted by Gasteiger charge is 2.11. The average molecular weight is 158 g/mol. The molecule has 1 fully saturated rings. The van der Waals surface area contributed by atoms with Crippen LogP contribution in [0.25, 0.3) is 0 Å². The van der Waals surface area contributed by atoms with Crippen LogP contribution >= 0.6 is 0 Å². The van der Waals surface area contributed by atoms with Gasteiger partial charge in [0.2, 0.25) is 0 Å². The summed E-state index contributed by atoms with van der Waals surface area (Å²) in [5.41, 5.74) is 0. The van der Waals surface area contributed by atoms with E-state index in [1.807, 2.05) is 0 Å². The molecule has 1 rings (SSSR count). The molecule has 1 atom stereocenters. The molecule has 1 unspecified atom stereocenters. The van der Waals surface area contributed by atoms with Crippen molar-refractivity contribution in [2.45, 2.75) is 12.5 Å². The fraction of sp³-hybridized carbons (Fsp3) is 1.00. The van der Waals surface area contributed by atoms with Crippen LogP contribution in [0.2, 0.25) is 0 Å². The number of ether oxygens (including phenoxy) is 1. The van der Waals surface area contributed by atoms with Crippen molar-refractivity contribution in [1.29, 1.82) is 0 Å². The van der Waals surface area contributed by atoms with Gasteiger partial charge in [-0.3, -0.25) is 0 Å². The fourth-order valence-corrected chi connectivity index (χ4v) is 1.22. The van der Waals surface area contributed by atoms with Crippen molar-refractivity contribution in [3.05, 3.63) is 0 Å². The van der Waals surface area contributed by atoms with E-state index in [1.165, 1.54) is 6.42 Å². The number of nitrogens with zero attached hydrogens (tertiary/aromatic N) is 1. The van der Waals surface area contributed by atoms with Crippen molar-refractivity contribution < 1.29 is 4.74 Å². The molecule has 1 aliphatic rings. The minimum atomic E-state index is 0.575.